The van der Waals surface area contributed by atoms with Gasteiger partial charge in [-0.05, 0) is 55.8 Å². The van der Waals surface area contributed by atoms with Crippen molar-refractivity contribution in [3.05, 3.63) is 65.2 Å². The largest absolute Gasteiger partial charge is 0.494 e. The molecule has 5 nitrogen and oxygen atoms in total. The molecule has 0 aliphatic carbocycles. The van der Waals surface area contributed by atoms with E-state index in [2.05, 4.69) is 53.6 Å². The number of benzene rings is 2. The summed E-state index contributed by atoms with van der Waals surface area (Å²) in [5.41, 5.74) is 3.42. The van der Waals surface area contributed by atoms with Crippen molar-refractivity contribution in [2.24, 2.45) is 0 Å². The zero-order valence-electron chi connectivity index (χ0n) is 17.5. The fourth-order valence-electron chi connectivity index (χ4n) is 3.00. The molecule has 0 radical (unpaired) electrons. The van der Waals surface area contributed by atoms with E-state index in [9.17, 15) is 4.79 Å². The van der Waals surface area contributed by atoms with E-state index in [4.69, 9.17) is 4.74 Å². The zero-order chi connectivity index (χ0) is 20.4. The predicted octanol–water partition coefficient (Wildman–Crippen LogP) is 4.49. The maximum Gasteiger partial charge on any atom is 0.315 e. The second kappa shape index (κ2) is 11.3. The highest BCUT2D eigenvalue weighted by atomic mass is 16.5. The van der Waals surface area contributed by atoms with Gasteiger partial charge in [-0.1, -0.05) is 50.2 Å². The van der Waals surface area contributed by atoms with E-state index in [0.29, 0.717) is 13.2 Å². The van der Waals surface area contributed by atoms with Gasteiger partial charge in [0.1, 0.15) is 5.75 Å². The molecule has 0 bridgehead atoms. The third-order valence-corrected chi connectivity index (χ3v) is 4.82. The van der Waals surface area contributed by atoms with E-state index in [1.54, 1.807) is 0 Å². The quantitative estimate of drug-likeness (QED) is 0.636. The summed E-state index contributed by atoms with van der Waals surface area (Å²) in [4.78, 5) is 14.6. The third kappa shape index (κ3) is 6.89. The number of carbonyl (C=O) groups excluding carboxylic acids is 1. The van der Waals surface area contributed by atoms with Crippen molar-refractivity contribution in [2.75, 3.05) is 19.7 Å². The fourth-order valence-corrected chi connectivity index (χ4v) is 3.00. The number of hydrogen-bond donors (Lipinski definition) is 2. The summed E-state index contributed by atoms with van der Waals surface area (Å²) in [6.07, 6.45) is 0. The van der Waals surface area contributed by atoms with Crippen LogP contribution in [0.2, 0.25) is 0 Å². The Hall–Kier alpha value is -2.53. The molecular formula is C23H33N3O2. The van der Waals surface area contributed by atoms with Crippen LogP contribution in [0.15, 0.2) is 48.5 Å². The van der Waals surface area contributed by atoms with E-state index in [1.165, 1.54) is 5.56 Å². The predicted molar refractivity (Wildman–Crippen MR) is 114 cm³/mol. The van der Waals surface area contributed by atoms with Crippen LogP contribution in [0.4, 0.5) is 4.79 Å². The van der Waals surface area contributed by atoms with Crippen LogP contribution in [0.3, 0.4) is 0 Å². The summed E-state index contributed by atoms with van der Waals surface area (Å²) in [5.74, 6) is 0.840. The van der Waals surface area contributed by atoms with Crippen LogP contribution >= 0.6 is 0 Å². The maximum atomic E-state index is 12.2. The van der Waals surface area contributed by atoms with Gasteiger partial charge in [0.2, 0.25) is 0 Å². The van der Waals surface area contributed by atoms with Crippen LogP contribution in [0.25, 0.3) is 0 Å². The second-order valence-corrected chi connectivity index (χ2v) is 6.83. The Balaban J connectivity index is 1.79. The van der Waals surface area contributed by atoms with Crippen molar-refractivity contribution < 1.29 is 9.53 Å². The topological polar surface area (TPSA) is 53.6 Å². The number of ether oxygens (including phenoxy) is 1. The summed E-state index contributed by atoms with van der Waals surface area (Å²) in [6, 6.07) is 16.0. The number of amides is 2. The molecule has 1 atom stereocenters. The average molecular weight is 384 g/mol. The first-order valence-electron chi connectivity index (χ1n) is 10.1. The van der Waals surface area contributed by atoms with E-state index in [0.717, 1.165) is 36.5 Å². The molecule has 1 unspecified atom stereocenters. The van der Waals surface area contributed by atoms with Crippen molar-refractivity contribution in [2.45, 2.75) is 46.8 Å². The van der Waals surface area contributed by atoms with E-state index in [1.807, 2.05) is 38.1 Å². The minimum Gasteiger partial charge on any atom is -0.494 e. The van der Waals surface area contributed by atoms with Crippen molar-refractivity contribution in [1.29, 1.82) is 0 Å². The Morgan fingerprint density at radius 1 is 0.964 bits per heavy atom. The first-order chi connectivity index (χ1) is 13.5. The molecule has 28 heavy (non-hydrogen) atoms. The molecule has 0 spiro atoms. The lowest BCUT2D eigenvalue weighted by atomic mass is 10.1. The van der Waals surface area contributed by atoms with Gasteiger partial charge in [-0.3, -0.25) is 4.90 Å². The van der Waals surface area contributed by atoms with E-state index >= 15 is 0 Å². The minimum absolute atomic E-state index is 0.0767. The lowest BCUT2D eigenvalue weighted by Crippen LogP contribution is -2.36. The number of carbonyl (C=O) groups is 1. The molecule has 5 heteroatoms. The van der Waals surface area contributed by atoms with Gasteiger partial charge < -0.3 is 15.4 Å². The van der Waals surface area contributed by atoms with Crippen molar-refractivity contribution in [1.82, 2.24) is 15.5 Å². The van der Waals surface area contributed by atoms with Crippen LogP contribution in [-0.2, 0) is 13.1 Å². The van der Waals surface area contributed by atoms with Crippen LogP contribution in [0.5, 0.6) is 5.75 Å². The Labute approximate surface area is 169 Å². The number of rotatable bonds is 10. The molecule has 0 aromatic heterocycles. The highest BCUT2D eigenvalue weighted by molar-refractivity contribution is 5.74. The van der Waals surface area contributed by atoms with Gasteiger partial charge in [0.05, 0.1) is 12.6 Å². The molecule has 0 heterocycles. The molecular weight excluding hydrogens is 350 g/mol. The molecule has 0 aliphatic heterocycles. The second-order valence-electron chi connectivity index (χ2n) is 6.83. The Morgan fingerprint density at radius 3 is 2.14 bits per heavy atom. The van der Waals surface area contributed by atoms with Crippen molar-refractivity contribution >= 4 is 6.03 Å². The molecule has 2 rings (SSSR count). The Morgan fingerprint density at radius 2 is 1.57 bits per heavy atom. The highest BCUT2D eigenvalue weighted by Crippen LogP contribution is 2.17. The van der Waals surface area contributed by atoms with Gasteiger partial charge in [-0.2, -0.15) is 0 Å². The van der Waals surface area contributed by atoms with Gasteiger partial charge in [0.15, 0.2) is 0 Å². The highest BCUT2D eigenvalue weighted by Gasteiger charge is 2.09. The molecule has 0 aliphatic rings. The summed E-state index contributed by atoms with van der Waals surface area (Å²) in [6.45, 7) is 12.5. The van der Waals surface area contributed by atoms with E-state index < -0.39 is 0 Å². The van der Waals surface area contributed by atoms with Crippen LogP contribution in [-0.4, -0.2) is 30.6 Å². The molecule has 2 N–H and O–H groups in total. The number of nitrogens with one attached hydrogen (secondary N) is 2. The number of nitrogens with zero attached hydrogens (tertiary/aromatic N) is 1. The standard InChI is InChI=1S/C23H33N3O2/c1-5-26(6-2)17-20-10-8-19(9-11-20)16-24-23(27)25-18(4)21-12-14-22(15-13-21)28-7-3/h8-15,18H,5-7,16-17H2,1-4H3,(H2,24,25,27). The van der Waals surface area contributed by atoms with Gasteiger partial charge in [0, 0.05) is 13.1 Å². The molecule has 0 fully saturated rings. The molecule has 2 aromatic carbocycles. The average Bonchev–Trinajstić information content (AvgIpc) is 2.72. The first-order valence-corrected chi connectivity index (χ1v) is 10.1. The normalized spacial score (nSPS) is 11.9. The van der Waals surface area contributed by atoms with Gasteiger partial charge in [-0.25, -0.2) is 4.79 Å². The van der Waals surface area contributed by atoms with Gasteiger partial charge >= 0.3 is 6.03 Å². The Bertz CT molecular complexity index is 710. The fraction of sp³-hybridized carbons (Fsp3) is 0.435. The van der Waals surface area contributed by atoms with Crippen molar-refractivity contribution in [3.8, 4) is 5.75 Å². The first kappa shape index (κ1) is 21.8. The molecule has 152 valence electrons. The number of urea groups is 1. The van der Waals surface area contributed by atoms with Gasteiger partial charge in [0.25, 0.3) is 0 Å². The van der Waals surface area contributed by atoms with Crippen molar-refractivity contribution in [3.63, 3.8) is 0 Å². The zero-order valence-corrected chi connectivity index (χ0v) is 17.5. The lowest BCUT2D eigenvalue weighted by molar-refractivity contribution is 0.237. The summed E-state index contributed by atoms with van der Waals surface area (Å²) in [7, 11) is 0. The summed E-state index contributed by atoms with van der Waals surface area (Å²) >= 11 is 0. The molecule has 0 saturated heterocycles. The minimum atomic E-state index is -0.173. The third-order valence-electron chi connectivity index (χ3n) is 4.82. The maximum absolute atomic E-state index is 12.2. The lowest BCUT2D eigenvalue weighted by Gasteiger charge is -2.18. The molecule has 2 amide bonds. The Kier molecular flexibility index (Phi) is 8.82. The smallest absolute Gasteiger partial charge is 0.315 e. The van der Waals surface area contributed by atoms with E-state index in [-0.39, 0.29) is 12.1 Å². The van der Waals surface area contributed by atoms with Crippen LogP contribution in [0, 0.1) is 0 Å². The molecule has 0 saturated carbocycles. The summed E-state index contributed by atoms with van der Waals surface area (Å²) in [5, 5.41) is 5.90. The van der Waals surface area contributed by atoms with Crippen LogP contribution < -0.4 is 15.4 Å². The number of hydrogen-bond acceptors (Lipinski definition) is 3. The SMILES string of the molecule is CCOc1ccc(C(C)NC(=O)NCc2ccc(CN(CC)CC)cc2)cc1. The van der Waals surface area contributed by atoms with Gasteiger partial charge in [-0.15, -0.1) is 0 Å². The van der Waals surface area contributed by atoms with Crippen LogP contribution in [0.1, 0.15) is 50.4 Å². The summed E-state index contributed by atoms with van der Waals surface area (Å²) < 4.78 is 5.45. The monoisotopic (exact) mass is 383 g/mol. The molecule has 2 aromatic rings.